The molecule has 2 aromatic rings. The first-order valence-electron chi connectivity index (χ1n) is 7.46. The van der Waals surface area contributed by atoms with Crippen molar-refractivity contribution in [1.82, 2.24) is 0 Å². The largest absolute Gasteiger partial charge is 0.508 e. The van der Waals surface area contributed by atoms with Gasteiger partial charge in [-0.3, -0.25) is 4.79 Å². The Hall–Kier alpha value is -3.09. The van der Waals surface area contributed by atoms with Crippen molar-refractivity contribution in [3.8, 4) is 34.5 Å². The van der Waals surface area contributed by atoms with Crippen LogP contribution >= 0.6 is 0 Å². The summed E-state index contributed by atoms with van der Waals surface area (Å²) in [5, 5.41) is 10.4. The standard InChI is InChI=1S/C17H12O7/c18-11-4-15-13(20-6-22-15)1-9(11)8-3-17(19)24-12-5-16-14(2-10(8)12)21-7-23-16/h1-2,4-5,8,18H,3,6-7H2. The van der Waals surface area contributed by atoms with Gasteiger partial charge in [-0.2, -0.15) is 0 Å². The fraction of sp³-hybridized carbons (Fsp3) is 0.235. The van der Waals surface area contributed by atoms with E-state index in [1.54, 1.807) is 18.2 Å². The van der Waals surface area contributed by atoms with E-state index in [9.17, 15) is 9.90 Å². The van der Waals surface area contributed by atoms with Crippen LogP contribution in [0.25, 0.3) is 0 Å². The van der Waals surface area contributed by atoms with Gasteiger partial charge < -0.3 is 28.8 Å². The van der Waals surface area contributed by atoms with Crippen LogP contribution in [0.2, 0.25) is 0 Å². The molecule has 1 atom stereocenters. The molecule has 0 saturated heterocycles. The molecule has 7 nitrogen and oxygen atoms in total. The molecule has 0 bridgehead atoms. The molecule has 1 N–H and O–H groups in total. The zero-order valence-corrected chi connectivity index (χ0v) is 12.4. The number of ether oxygens (including phenoxy) is 5. The number of esters is 1. The Bertz CT molecular complexity index is 874. The third-order valence-corrected chi connectivity index (χ3v) is 4.37. The predicted octanol–water partition coefficient (Wildman–Crippen LogP) is 2.29. The Morgan fingerprint density at radius 3 is 2.08 bits per heavy atom. The van der Waals surface area contributed by atoms with Crippen LogP contribution < -0.4 is 23.7 Å². The Morgan fingerprint density at radius 2 is 1.38 bits per heavy atom. The number of carbonyl (C=O) groups excluding carboxylic acids is 1. The van der Waals surface area contributed by atoms with Crippen LogP contribution in [0.5, 0.6) is 34.5 Å². The van der Waals surface area contributed by atoms with Crippen LogP contribution in [0.15, 0.2) is 24.3 Å². The lowest BCUT2D eigenvalue weighted by molar-refractivity contribution is -0.135. The number of hydrogen-bond acceptors (Lipinski definition) is 7. The van der Waals surface area contributed by atoms with Crippen molar-refractivity contribution >= 4 is 5.97 Å². The second-order valence-corrected chi connectivity index (χ2v) is 5.74. The highest BCUT2D eigenvalue weighted by Gasteiger charge is 2.34. The first-order chi connectivity index (χ1) is 11.7. The summed E-state index contributed by atoms with van der Waals surface area (Å²) in [7, 11) is 0. The van der Waals surface area contributed by atoms with E-state index in [0.29, 0.717) is 34.3 Å². The fourth-order valence-electron chi connectivity index (χ4n) is 3.24. The molecule has 7 heteroatoms. The zero-order valence-electron chi connectivity index (χ0n) is 12.4. The van der Waals surface area contributed by atoms with Crippen molar-refractivity contribution in [2.24, 2.45) is 0 Å². The van der Waals surface area contributed by atoms with Gasteiger partial charge in [-0.05, 0) is 12.1 Å². The van der Waals surface area contributed by atoms with Crippen molar-refractivity contribution in [3.05, 3.63) is 35.4 Å². The van der Waals surface area contributed by atoms with E-state index in [0.717, 1.165) is 5.56 Å². The number of hydrogen-bond donors (Lipinski definition) is 1. The summed E-state index contributed by atoms with van der Waals surface area (Å²) in [6.07, 6.45) is 0.111. The molecule has 1 unspecified atom stereocenters. The van der Waals surface area contributed by atoms with Crippen LogP contribution in [0.3, 0.4) is 0 Å². The second-order valence-electron chi connectivity index (χ2n) is 5.74. The average Bonchev–Trinajstić information content (AvgIpc) is 3.19. The number of fused-ring (bicyclic) bond motifs is 3. The quantitative estimate of drug-likeness (QED) is 0.635. The Labute approximate surface area is 136 Å². The van der Waals surface area contributed by atoms with E-state index < -0.39 is 0 Å². The fourth-order valence-corrected chi connectivity index (χ4v) is 3.24. The Kier molecular flexibility index (Phi) is 2.62. The van der Waals surface area contributed by atoms with Gasteiger partial charge in [-0.15, -0.1) is 0 Å². The molecule has 0 radical (unpaired) electrons. The number of phenols is 1. The molecule has 3 aliphatic rings. The molecule has 0 aliphatic carbocycles. The average molecular weight is 328 g/mol. The van der Waals surface area contributed by atoms with Gasteiger partial charge in [-0.25, -0.2) is 0 Å². The maximum atomic E-state index is 12.0. The first-order valence-corrected chi connectivity index (χ1v) is 7.46. The summed E-state index contributed by atoms with van der Waals surface area (Å²) in [6, 6.07) is 6.64. The van der Waals surface area contributed by atoms with Gasteiger partial charge in [0.25, 0.3) is 0 Å². The molecular formula is C17H12O7. The van der Waals surface area contributed by atoms with E-state index in [4.69, 9.17) is 23.7 Å². The molecule has 24 heavy (non-hydrogen) atoms. The molecular weight excluding hydrogens is 316 g/mol. The lowest BCUT2D eigenvalue weighted by atomic mass is 9.85. The highest BCUT2D eigenvalue weighted by molar-refractivity contribution is 5.79. The Morgan fingerprint density at radius 1 is 0.792 bits per heavy atom. The Balaban J connectivity index is 1.66. The van der Waals surface area contributed by atoms with Gasteiger partial charge in [0.2, 0.25) is 13.6 Å². The van der Waals surface area contributed by atoms with Crippen molar-refractivity contribution in [1.29, 1.82) is 0 Å². The van der Waals surface area contributed by atoms with E-state index in [2.05, 4.69) is 0 Å². The van der Waals surface area contributed by atoms with Crippen molar-refractivity contribution in [2.75, 3.05) is 13.6 Å². The SMILES string of the molecule is O=C1CC(c2cc3c(cc2O)OCO3)c2cc3c(cc2O1)OCO3. The highest BCUT2D eigenvalue weighted by atomic mass is 16.7. The van der Waals surface area contributed by atoms with E-state index in [-0.39, 0.29) is 37.6 Å². The van der Waals surface area contributed by atoms with Crippen molar-refractivity contribution in [2.45, 2.75) is 12.3 Å². The summed E-state index contributed by atoms with van der Waals surface area (Å²) >= 11 is 0. The monoisotopic (exact) mass is 328 g/mol. The van der Waals surface area contributed by atoms with Crippen LogP contribution in [0, 0.1) is 0 Å². The minimum atomic E-state index is -0.372. The zero-order chi connectivity index (χ0) is 16.3. The minimum absolute atomic E-state index is 0.0440. The van der Waals surface area contributed by atoms with Crippen molar-refractivity contribution in [3.63, 3.8) is 0 Å². The number of benzene rings is 2. The maximum Gasteiger partial charge on any atom is 0.312 e. The van der Waals surface area contributed by atoms with Crippen molar-refractivity contribution < 1.29 is 33.6 Å². The molecule has 3 heterocycles. The molecule has 2 aromatic carbocycles. The highest BCUT2D eigenvalue weighted by Crippen LogP contribution is 2.49. The first kappa shape index (κ1) is 13.4. The number of rotatable bonds is 1. The van der Waals surface area contributed by atoms with Crippen LogP contribution in [-0.2, 0) is 4.79 Å². The van der Waals surface area contributed by atoms with Gasteiger partial charge in [-0.1, -0.05) is 0 Å². The van der Waals surface area contributed by atoms with Gasteiger partial charge in [0.1, 0.15) is 11.5 Å². The van der Waals surface area contributed by atoms with E-state index in [1.165, 1.54) is 6.07 Å². The molecule has 5 rings (SSSR count). The third-order valence-electron chi connectivity index (χ3n) is 4.37. The van der Waals surface area contributed by atoms with E-state index >= 15 is 0 Å². The molecule has 0 saturated carbocycles. The number of aromatic hydroxyl groups is 1. The molecule has 122 valence electrons. The lowest BCUT2D eigenvalue weighted by Gasteiger charge is -2.25. The molecule has 3 aliphatic heterocycles. The van der Waals surface area contributed by atoms with Crippen LogP contribution in [0.4, 0.5) is 0 Å². The summed E-state index contributed by atoms with van der Waals surface area (Å²) < 4.78 is 26.7. The van der Waals surface area contributed by atoms with E-state index in [1.807, 2.05) is 0 Å². The lowest BCUT2D eigenvalue weighted by Crippen LogP contribution is -2.21. The molecule has 0 amide bonds. The number of carbonyl (C=O) groups is 1. The van der Waals surface area contributed by atoms with Gasteiger partial charge in [0, 0.05) is 29.2 Å². The minimum Gasteiger partial charge on any atom is -0.508 e. The second kappa shape index (κ2) is 4.70. The third kappa shape index (κ3) is 1.87. The van der Waals surface area contributed by atoms with Gasteiger partial charge in [0.15, 0.2) is 23.0 Å². The van der Waals surface area contributed by atoms with Crippen LogP contribution in [0.1, 0.15) is 23.5 Å². The summed E-state index contributed by atoms with van der Waals surface area (Å²) in [5.41, 5.74) is 1.34. The molecule has 0 spiro atoms. The molecule has 0 aromatic heterocycles. The van der Waals surface area contributed by atoms with Crippen LogP contribution in [-0.4, -0.2) is 24.7 Å². The molecule has 0 fully saturated rings. The maximum absolute atomic E-state index is 12.0. The predicted molar refractivity (Wildman–Crippen MR) is 78.9 cm³/mol. The smallest absolute Gasteiger partial charge is 0.312 e. The van der Waals surface area contributed by atoms with Gasteiger partial charge >= 0.3 is 5.97 Å². The van der Waals surface area contributed by atoms with Gasteiger partial charge in [0.05, 0.1) is 6.42 Å². The normalized spacial score (nSPS) is 19.8. The summed E-state index contributed by atoms with van der Waals surface area (Å²) in [6.45, 7) is 0.242. The summed E-state index contributed by atoms with van der Waals surface area (Å²) in [4.78, 5) is 12.0. The topological polar surface area (TPSA) is 83.5 Å². The number of phenolic OH excluding ortho intramolecular Hbond substituents is 1. The summed E-state index contributed by atoms with van der Waals surface area (Å²) in [5.74, 6) is 1.88.